The van der Waals surface area contributed by atoms with Gasteiger partial charge in [0.1, 0.15) is 5.69 Å². The molecular formula is C14H16N4O4. The zero-order valence-electron chi connectivity index (χ0n) is 12.3. The van der Waals surface area contributed by atoms with Crippen LogP contribution in [0, 0.1) is 25.6 Å². The minimum absolute atomic E-state index is 0.123. The van der Waals surface area contributed by atoms with Crippen molar-refractivity contribution in [2.75, 3.05) is 5.43 Å². The summed E-state index contributed by atoms with van der Waals surface area (Å²) in [5, 5.41) is 26.0. The first-order valence-corrected chi connectivity index (χ1v) is 6.75. The quantitative estimate of drug-likeness (QED) is 0.674. The van der Waals surface area contributed by atoms with E-state index in [9.17, 15) is 20.2 Å². The van der Waals surface area contributed by atoms with Crippen molar-refractivity contribution in [2.45, 2.75) is 26.7 Å². The first-order valence-electron chi connectivity index (χ1n) is 6.75. The Hall–Kier alpha value is -2.77. The van der Waals surface area contributed by atoms with E-state index in [2.05, 4.69) is 10.5 Å². The summed E-state index contributed by atoms with van der Waals surface area (Å²) in [6.07, 6.45) is 5.78. The molecule has 0 unspecified atom stereocenters. The lowest BCUT2D eigenvalue weighted by molar-refractivity contribution is -0.393. The van der Waals surface area contributed by atoms with Crippen molar-refractivity contribution in [3.63, 3.8) is 0 Å². The van der Waals surface area contributed by atoms with Gasteiger partial charge in [-0.15, -0.1) is 0 Å². The van der Waals surface area contributed by atoms with Crippen LogP contribution in [-0.4, -0.2) is 15.6 Å². The second kappa shape index (κ2) is 5.92. The van der Waals surface area contributed by atoms with Gasteiger partial charge in [0, 0.05) is 11.5 Å². The molecule has 0 heterocycles. The third-order valence-electron chi connectivity index (χ3n) is 3.59. The largest absolute Gasteiger partial charge is 0.301 e. The molecule has 1 aromatic carbocycles. The molecule has 1 aliphatic carbocycles. The first-order chi connectivity index (χ1) is 10.3. The number of anilines is 1. The molecule has 0 spiro atoms. The number of hydrogen-bond acceptors (Lipinski definition) is 6. The van der Waals surface area contributed by atoms with Crippen molar-refractivity contribution in [1.29, 1.82) is 0 Å². The molecule has 0 fully saturated rings. The number of non-ortho nitro benzene ring substituents is 1. The molecule has 2 rings (SSSR count). The van der Waals surface area contributed by atoms with Crippen molar-refractivity contribution in [2.24, 2.45) is 10.5 Å². The van der Waals surface area contributed by atoms with Gasteiger partial charge in [0.15, 0.2) is 0 Å². The maximum atomic E-state index is 11.1. The molecule has 0 aromatic heterocycles. The summed E-state index contributed by atoms with van der Waals surface area (Å²) in [5.74, 6) is 0. The second-order valence-electron chi connectivity index (χ2n) is 5.65. The Kier molecular flexibility index (Phi) is 4.20. The maximum absolute atomic E-state index is 11.1. The summed E-state index contributed by atoms with van der Waals surface area (Å²) < 4.78 is 0. The van der Waals surface area contributed by atoms with Crippen LogP contribution in [0.3, 0.4) is 0 Å². The highest BCUT2D eigenvalue weighted by molar-refractivity contribution is 6.00. The fraction of sp³-hybridized carbons (Fsp3) is 0.357. The normalized spacial score (nSPS) is 18.2. The van der Waals surface area contributed by atoms with Crippen LogP contribution in [0.4, 0.5) is 17.1 Å². The monoisotopic (exact) mass is 304 g/mol. The van der Waals surface area contributed by atoms with Gasteiger partial charge in [0.05, 0.1) is 21.6 Å². The second-order valence-corrected chi connectivity index (χ2v) is 5.65. The number of rotatable bonds is 4. The molecule has 8 heteroatoms. The summed E-state index contributed by atoms with van der Waals surface area (Å²) >= 11 is 0. The van der Waals surface area contributed by atoms with Crippen LogP contribution in [0.2, 0.25) is 0 Å². The molecule has 1 aliphatic rings. The van der Waals surface area contributed by atoms with E-state index in [4.69, 9.17) is 0 Å². The zero-order chi connectivity index (χ0) is 16.3. The molecule has 0 atom stereocenters. The molecule has 22 heavy (non-hydrogen) atoms. The third-order valence-corrected chi connectivity index (χ3v) is 3.59. The molecule has 1 aromatic rings. The van der Waals surface area contributed by atoms with E-state index < -0.39 is 9.85 Å². The van der Waals surface area contributed by atoms with Gasteiger partial charge in [-0.05, 0) is 25.0 Å². The number of hydrogen-bond donors (Lipinski definition) is 1. The maximum Gasteiger partial charge on any atom is 0.301 e. The number of nitro groups is 2. The van der Waals surface area contributed by atoms with Gasteiger partial charge in [-0.3, -0.25) is 25.7 Å². The minimum atomic E-state index is -0.671. The summed E-state index contributed by atoms with van der Waals surface area (Å²) in [7, 11) is 0. The fourth-order valence-corrected chi connectivity index (χ4v) is 2.18. The highest BCUT2D eigenvalue weighted by Crippen LogP contribution is 2.31. The molecule has 0 aliphatic heterocycles. The summed E-state index contributed by atoms with van der Waals surface area (Å²) in [5.41, 5.74) is 2.73. The van der Waals surface area contributed by atoms with Crippen LogP contribution >= 0.6 is 0 Å². The average molecular weight is 304 g/mol. The fourth-order valence-electron chi connectivity index (χ4n) is 2.18. The zero-order valence-corrected chi connectivity index (χ0v) is 12.3. The highest BCUT2D eigenvalue weighted by Gasteiger charge is 2.26. The number of nitro benzene ring substituents is 2. The van der Waals surface area contributed by atoms with Crippen molar-refractivity contribution in [1.82, 2.24) is 0 Å². The number of benzene rings is 1. The standard InChI is InChI=1S/C14H16N4O4/c1-14(2)8-4-3-5-13(14)16-15-11-7-6-10(17(19)20)9-12(11)18(21)22/h3,5-7,9,15H,4,8H2,1-2H3/b16-13-. The molecule has 0 radical (unpaired) electrons. The molecule has 0 bridgehead atoms. The lowest BCUT2D eigenvalue weighted by atomic mass is 9.79. The number of nitrogens with zero attached hydrogens (tertiary/aromatic N) is 3. The van der Waals surface area contributed by atoms with Gasteiger partial charge in [-0.25, -0.2) is 0 Å². The molecule has 1 N–H and O–H groups in total. The lowest BCUT2D eigenvalue weighted by Gasteiger charge is -2.27. The Balaban J connectivity index is 2.33. The van der Waals surface area contributed by atoms with E-state index in [1.165, 1.54) is 12.1 Å². The van der Waals surface area contributed by atoms with E-state index in [-0.39, 0.29) is 22.5 Å². The van der Waals surface area contributed by atoms with Crippen LogP contribution in [0.1, 0.15) is 26.7 Å². The highest BCUT2D eigenvalue weighted by atomic mass is 16.6. The van der Waals surface area contributed by atoms with Crippen molar-refractivity contribution in [3.8, 4) is 0 Å². The van der Waals surface area contributed by atoms with Crippen molar-refractivity contribution < 1.29 is 9.85 Å². The Bertz CT molecular complexity index is 679. The van der Waals surface area contributed by atoms with Crippen molar-refractivity contribution in [3.05, 3.63) is 50.6 Å². The Morgan fingerprint density at radius 3 is 2.55 bits per heavy atom. The molecule has 0 saturated heterocycles. The van der Waals surface area contributed by atoms with E-state index >= 15 is 0 Å². The van der Waals surface area contributed by atoms with E-state index in [1.807, 2.05) is 26.0 Å². The Morgan fingerprint density at radius 1 is 1.23 bits per heavy atom. The summed E-state index contributed by atoms with van der Waals surface area (Å²) in [4.78, 5) is 20.4. The topological polar surface area (TPSA) is 111 Å². The third kappa shape index (κ3) is 3.27. The minimum Gasteiger partial charge on any atom is -0.271 e. The molecular weight excluding hydrogens is 288 g/mol. The van der Waals surface area contributed by atoms with Crippen molar-refractivity contribution >= 4 is 22.8 Å². The van der Waals surface area contributed by atoms with E-state index in [0.717, 1.165) is 24.6 Å². The lowest BCUT2D eigenvalue weighted by Crippen LogP contribution is -2.25. The van der Waals surface area contributed by atoms with Crippen LogP contribution in [-0.2, 0) is 0 Å². The van der Waals surface area contributed by atoms with Crippen LogP contribution in [0.25, 0.3) is 0 Å². The predicted octanol–water partition coefficient (Wildman–Crippen LogP) is 3.65. The average Bonchev–Trinajstić information content (AvgIpc) is 2.45. The number of nitrogens with one attached hydrogen (secondary N) is 1. The smallest absolute Gasteiger partial charge is 0.271 e. The van der Waals surface area contributed by atoms with Gasteiger partial charge < -0.3 is 0 Å². The molecule has 8 nitrogen and oxygen atoms in total. The van der Waals surface area contributed by atoms with Crippen LogP contribution < -0.4 is 5.43 Å². The molecule has 116 valence electrons. The molecule has 0 saturated carbocycles. The first kappa shape index (κ1) is 15.6. The number of hydrazone groups is 1. The molecule has 0 amide bonds. The van der Waals surface area contributed by atoms with E-state index in [0.29, 0.717) is 0 Å². The van der Waals surface area contributed by atoms with Crippen LogP contribution in [0.15, 0.2) is 35.5 Å². The van der Waals surface area contributed by atoms with E-state index in [1.54, 1.807) is 0 Å². The summed E-state index contributed by atoms with van der Waals surface area (Å²) in [6.45, 7) is 4.09. The Labute approximate surface area is 126 Å². The summed E-state index contributed by atoms with van der Waals surface area (Å²) in [6, 6.07) is 3.42. The SMILES string of the molecule is CC1(C)CCC=C/C1=N/Nc1ccc([N+](=O)[O-])cc1[N+](=O)[O-]. The van der Waals surface area contributed by atoms with Gasteiger partial charge >= 0.3 is 5.69 Å². The van der Waals surface area contributed by atoms with Gasteiger partial charge in [-0.2, -0.15) is 5.10 Å². The van der Waals surface area contributed by atoms with Crippen LogP contribution in [0.5, 0.6) is 0 Å². The van der Waals surface area contributed by atoms with Gasteiger partial charge in [0.25, 0.3) is 5.69 Å². The predicted molar refractivity (Wildman–Crippen MR) is 83.0 cm³/mol. The van der Waals surface area contributed by atoms with Gasteiger partial charge in [-0.1, -0.05) is 19.9 Å². The number of allylic oxidation sites excluding steroid dienone is 2. The van der Waals surface area contributed by atoms with Gasteiger partial charge in [0.2, 0.25) is 0 Å². The Morgan fingerprint density at radius 2 is 1.95 bits per heavy atom.